The van der Waals surface area contributed by atoms with Crippen molar-refractivity contribution < 1.29 is 18.7 Å². The van der Waals surface area contributed by atoms with Gasteiger partial charge in [0, 0.05) is 20.1 Å². The van der Waals surface area contributed by atoms with E-state index in [1.165, 1.54) is 0 Å². The minimum atomic E-state index is -1.90. The fourth-order valence-corrected chi connectivity index (χ4v) is 4.18. The maximum atomic E-state index is 12.5. The predicted octanol–water partition coefficient (Wildman–Crippen LogP) is 4.43. The van der Waals surface area contributed by atoms with Crippen LogP contribution in [0.5, 0.6) is 0 Å². The Bertz CT molecular complexity index is 585. The van der Waals surface area contributed by atoms with E-state index in [9.17, 15) is 4.79 Å². The quantitative estimate of drug-likeness (QED) is 0.710. The summed E-state index contributed by atoms with van der Waals surface area (Å²) in [4.78, 5) is 14.3. The molecule has 1 aromatic rings. The molecule has 0 N–H and O–H groups in total. The number of carbonyl (C=O) groups is 1. The molecule has 0 unspecified atom stereocenters. The molecule has 0 bridgehead atoms. The second-order valence-electron chi connectivity index (χ2n) is 8.54. The molecule has 2 rings (SSSR count). The second kappa shape index (κ2) is 8.54. The normalized spacial score (nSPS) is 21.5. The largest absolute Gasteiger partial charge is 0.445 e. The predicted molar refractivity (Wildman–Crippen MR) is 106 cm³/mol. The van der Waals surface area contributed by atoms with Crippen LogP contribution in [0.3, 0.4) is 0 Å². The fourth-order valence-electron chi connectivity index (χ4n) is 2.82. The van der Waals surface area contributed by atoms with E-state index in [1.54, 1.807) is 12.0 Å². The van der Waals surface area contributed by atoms with Crippen LogP contribution in [0, 0.1) is 0 Å². The fraction of sp³-hybridized carbons (Fsp3) is 0.650. The molecule has 0 spiro atoms. The molecule has 1 saturated heterocycles. The molecular formula is C20H33NO4Si. The molecule has 0 radical (unpaired) electrons. The molecule has 146 valence electrons. The van der Waals surface area contributed by atoms with Gasteiger partial charge in [-0.3, -0.25) is 0 Å². The third-order valence-corrected chi connectivity index (χ3v) is 9.97. The average Bonchev–Trinajstić information content (AvgIpc) is 2.58. The standard InChI is InChI=1S/C20H33NO4Si/c1-20(2,3)26(5,6)25-18-12-17(23-4)13-21(14-18)19(22)24-15-16-10-8-7-9-11-16/h7-11,17-18H,12-15H2,1-6H3/t17-,18-/m1/s1. The van der Waals surface area contributed by atoms with Gasteiger partial charge in [0.15, 0.2) is 8.32 Å². The lowest BCUT2D eigenvalue weighted by Gasteiger charge is -2.43. The topological polar surface area (TPSA) is 48.0 Å². The molecule has 0 saturated carbocycles. The molecule has 0 aromatic heterocycles. The number of nitrogens with zero attached hydrogens (tertiary/aromatic N) is 1. The summed E-state index contributed by atoms with van der Waals surface area (Å²) >= 11 is 0. The van der Waals surface area contributed by atoms with E-state index in [2.05, 4.69) is 33.9 Å². The summed E-state index contributed by atoms with van der Waals surface area (Å²) in [6.45, 7) is 12.5. The van der Waals surface area contributed by atoms with Gasteiger partial charge < -0.3 is 18.8 Å². The molecule has 1 aliphatic rings. The van der Waals surface area contributed by atoms with Crippen LogP contribution in [-0.4, -0.2) is 51.7 Å². The molecule has 1 heterocycles. The van der Waals surface area contributed by atoms with Gasteiger partial charge in [0.2, 0.25) is 0 Å². The van der Waals surface area contributed by atoms with Crippen molar-refractivity contribution in [3.05, 3.63) is 35.9 Å². The van der Waals surface area contributed by atoms with Crippen molar-refractivity contribution in [2.24, 2.45) is 0 Å². The Morgan fingerprint density at radius 2 is 1.77 bits per heavy atom. The van der Waals surface area contributed by atoms with E-state index < -0.39 is 8.32 Å². The van der Waals surface area contributed by atoms with Crippen molar-refractivity contribution in [2.45, 2.75) is 64.1 Å². The zero-order chi connectivity index (χ0) is 19.4. The van der Waals surface area contributed by atoms with Crippen LogP contribution >= 0.6 is 0 Å². The summed E-state index contributed by atoms with van der Waals surface area (Å²) < 4.78 is 17.6. The number of ether oxygens (including phenoxy) is 2. The monoisotopic (exact) mass is 379 g/mol. The number of hydrogen-bond acceptors (Lipinski definition) is 4. The molecule has 5 nitrogen and oxygen atoms in total. The highest BCUT2D eigenvalue weighted by Gasteiger charge is 2.41. The first-order valence-corrected chi connectivity index (χ1v) is 12.2. The maximum Gasteiger partial charge on any atom is 0.410 e. The Kier molecular flexibility index (Phi) is 6.88. The average molecular weight is 380 g/mol. The Hall–Kier alpha value is -1.37. The van der Waals surface area contributed by atoms with Crippen molar-refractivity contribution in [3.8, 4) is 0 Å². The highest BCUT2D eigenvalue weighted by molar-refractivity contribution is 6.74. The number of carbonyl (C=O) groups excluding carboxylic acids is 1. The number of amides is 1. The van der Waals surface area contributed by atoms with Gasteiger partial charge in [-0.15, -0.1) is 0 Å². The van der Waals surface area contributed by atoms with Crippen LogP contribution in [0.2, 0.25) is 18.1 Å². The van der Waals surface area contributed by atoms with Crippen LogP contribution in [0.25, 0.3) is 0 Å². The van der Waals surface area contributed by atoms with E-state index in [1.807, 2.05) is 30.3 Å². The Morgan fingerprint density at radius 1 is 1.15 bits per heavy atom. The van der Waals surface area contributed by atoms with Crippen molar-refractivity contribution in [1.29, 1.82) is 0 Å². The van der Waals surface area contributed by atoms with Gasteiger partial charge in [-0.1, -0.05) is 51.1 Å². The minimum absolute atomic E-state index is 0.0149. The lowest BCUT2D eigenvalue weighted by atomic mass is 10.1. The molecule has 1 aromatic carbocycles. The van der Waals surface area contributed by atoms with Crippen molar-refractivity contribution in [1.82, 2.24) is 4.90 Å². The van der Waals surface area contributed by atoms with Gasteiger partial charge >= 0.3 is 6.09 Å². The van der Waals surface area contributed by atoms with Crippen LogP contribution in [0.4, 0.5) is 4.79 Å². The van der Waals surface area contributed by atoms with Gasteiger partial charge in [-0.2, -0.15) is 0 Å². The lowest BCUT2D eigenvalue weighted by molar-refractivity contribution is -0.0246. The molecule has 26 heavy (non-hydrogen) atoms. The van der Waals surface area contributed by atoms with E-state index in [0.717, 1.165) is 12.0 Å². The summed E-state index contributed by atoms with van der Waals surface area (Å²) in [6.07, 6.45) is 0.465. The van der Waals surface area contributed by atoms with E-state index in [-0.39, 0.29) is 29.9 Å². The first-order valence-electron chi connectivity index (χ1n) is 9.28. The van der Waals surface area contributed by atoms with Crippen molar-refractivity contribution in [3.63, 3.8) is 0 Å². The van der Waals surface area contributed by atoms with Gasteiger partial charge in [0.1, 0.15) is 6.61 Å². The lowest BCUT2D eigenvalue weighted by Crippen LogP contribution is -2.54. The number of likely N-dealkylation sites (tertiary alicyclic amines) is 1. The van der Waals surface area contributed by atoms with Crippen LogP contribution in [0.15, 0.2) is 30.3 Å². The van der Waals surface area contributed by atoms with Gasteiger partial charge in [-0.25, -0.2) is 4.79 Å². The van der Waals surface area contributed by atoms with Crippen molar-refractivity contribution in [2.75, 3.05) is 20.2 Å². The number of rotatable bonds is 5. The second-order valence-corrected chi connectivity index (χ2v) is 13.3. The molecule has 1 aliphatic heterocycles. The third-order valence-electron chi connectivity index (χ3n) is 5.44. The molecular weight excluding hydrogens is 346 g/mol. The molecule has 0 aliphatic carbocycles. The first-order chi connectivity index (χ1) is 12.1. The number of benzene rings is 1. The maximum absolute atomic E-state index is 12.5. The van der Waals surface area contributed by atoms with Gasteiger partial charge in [0.05, 0.1) is 18.8 Å². The number of hydrogen-bond donors (Lipinski definition) is 0. The van der Waals surface area contributed by atoms with E-state index >= 15 is 0 Å². The van der Waals surface area contributed by atoms with Crippen LogP contribution in [-0.2, 0) is 20.5 Å². The van der Waals surface area contributed by atoms with E-state index in [4.69, 9.17) is 13.9 Å². The zero-order valence-electron chi connectivity index (χ0n) is 17.0. The highest BCUT2D eigenvalue weighted by atomic mass is 28.4. The summed E-state index contributed by atoms with van der Waals surface area (Å²) in [5.41, 5.74) is 0.982. The van der Waals surface area contributed by atoms with Gasteiger partial charge in [-0.05, 0) is 23.7 Å². The van der Waals surface area contributed by atoms with Crippen LogP contribution < -0.4 is 0 Å². The van der Waals surface area contributed by atoms with Crippen molar-refractivity contribution >= 4 is 14.4 Å². The molecule has 1 fully saturated rings. The Labute approximate surface area is 158 Å². The minimum Gasteiger partial charge on any atom is -0.445 e. The summed E-state index contributed by atoms with van der Waals surface area (Å²) in [6, 6.07) is 9.72. The molecule has 6 heteroatoms. The summed E-state index contributed by atoms with van der Waals surface area (Å²) in [7, 11) is -0.217. The van der Waals surface area contributed by atoms with Gasteiger partial charge in [0.25, 0.3) is 0 Å². The Balaban J connectivity index is 1.98. The smallest absolute Gasteiger partial charge is 0.410 e. The molecule has 1 amide bonds. The summed E-state index contributed by atoms with van der Waals surface area (Å²) in [5.74, 6) is 0. The van der Waals surface area contributed by atoms with Crippen LogP contribution in [0.1, 0.15) is 32.8 Å². The zero-order valence-corrected chi connectivity index (χ0v) is 18.0. The number of piperidine rings is 1. The van der Waals surface area contributed by atoms with E-state index in [0.29, 0.717) is 13.1 Å². The summed E-state index contributed by atoms with van der Waals surface area (Å²) in [5, 5.41) is 0.131. The first kappa shape index (κ1) is 20.9. The number of methoxy groups -OCH3 is 1. The third kappa shape index (κ3) is 5.56. The molecule has 2 atom stereocenters. The SMILES string of the molecule is CO[C@@H]1C[C@@H](O[Si](C)(C)C(C)(C)C)CN(C(=O)OCc2ccccc2)C1. The Morgan fingerprint density at radius 3 is 2.35 bits per heavy atom. The highest BCUT2D eigenvalue weighted by Crippen LogP contribution is 2.38.